The van der Waals surface area contributed by atoms with Crippen molar-refractivity contribution in [3.8, 4) is 0 Å². The summed E-state index contributed by atoms with van der Waals surface area (Å²) in [6, 6.07) is 0. The molecule has 0 spiro atoms. The molecule has 0 atom stereocenters. The van der Waals surface area contributed by atoms with Gasteiger partial charge in [-0.05, 0) is 0 Å². The van der Waals surface area contributed by atoms with Crippen LogP contribution in [-0.4, -0.2) is 11.0 Å². The van der Waals surface area contributed by atoms with Crippen molar-refractivity contribution in [2.24, 2.45) is 0 Å². The zero-order valence-electron chi connectivity index (χ0n) is 3.07. The molecule has 0 aliphatic rings. The third kappa shape index (κ3) is 1780. The quantitative estimate of drug-likeness (QED) is 0.272. The zero-order valence-corrected chi connectivity index (χ0v) is 5.01. The van der Waals surface area contributed by atoms with Crippen LogP contribution in [0.25, 0.3) is 0 Å². The molecular formula is CuF6Si-2. The zero-order chi connectivity index (χ0) is 0. The SMILES string of the molecule is [Cu].[F-].[F-].[F-].[F-].[F-].[F-].[Si+4]. The van der Waals surface area contributed by atoms with Crippen LogP contribution in [0.1, 0.15) is 0 Å². The van der Waals surface area contributed by atoms with E-state index in [4.69, 9.17) is 0 Å². The minimum absolute atomic E-state index is 0. The van der Waals surface area contributed by atoms with Crippen LogP contribution in [-0.2, 0) is 17.1 Å². The summed E-state index contributed by atoms with van der Waals surface area (Å²) in [5.74, 6) is 0. The molecule has 0 rings (SSSR count). The van der Waals surface area contributed by atoms with E-state index in [0.29, 0.717) is 0 Å². The topological polar surface area (TPSA) is 0 Å². The second-order valence-corrected chi connectivity index (χ2v) is 0. The molecule has 0 fully saturated rings. The Hall–Kier alpha value is 0.316. The fourth-order valence-electron chi connectivity index (χ4n) is 0. The van der Waals surface area contributed by atoms with E-state index in [1.807, 2.05) is 0 Å². The van der Waals surface area contributed by atoms with Crippen molar-refractivity contribution in [1.82, 2.24) is 0 Å². The van der Waals surface area contributed by atoms with Crippen molar-refractivity contribution in [3.63, 3.8) is 0 Å². The molecule has 0 amide bonds. The molecule has 8 heavy (non-hydrogen) atoms. The second kappa shape index (κ2) is 2920. The molecule has 59 valence electrons. The van der Waals surface area contributed by atoms with Gasteiger partial charge in [-0.1, -0.05) is 0 Å². The minimum Gasteiger partial charge on any atom is -1.00 e. The van der Waals surface area contributed by atoms with E-state index in [2.05, 4.69) is 0 Å². The van der Waals surface area contributed by atoms with E-state index in [1.165, 1.54) is 0 Å². The van der Waals surface area contributed by atoms with Crippen LogP contribution in [0.4, 0.5) is 0 Å². The average molecular weight is 206 g/mol. The molecule has 1 radical (unpaired) electrons. The molecule has 0 heterocycles. The molecule has 0 aliphatic carbocycles. The fourth-order valence-corrected chi connectivity index (χ4v) is 0. The fraction of sp³-hybridized carbons (Fsp3) is 0. The predicted octanol–water partition coefficient (Wildman–Crippen LogP) is -18.4. The summed E-state index contributed by atoms with van der Waals surface area (Å²) < 4.78 is 0. The molecule has 0 aromatic heterocycles. The smallest absolute Gasteiger partial charge is 1.00 e. The summed E-state index contributed by atoms with van der Waals surface area (Å²) in [7, 11) is 0. The molecule has 0 aliphatic heterocycles. The third-order valence-corrected chi connectivity index (χ3v) is 0. The molecule has 0 nitrogen and oxygen atoms in total. The maximum absolute atomic E-state index is 0. The molecule has 0 saturated carbocycles. The van der Waals surface area contributed by atoms with Gasteiger partial charge in [0.2, 0.25) is 0 Å². The molecule has 0 aromatic rings. The molecule has 0 unspecified atom stereocenters. The van der Waals surface area contributed by atoms with E-state index >= 15 is 0 Å². The van der Waals surface area contributed by atoms with Gasteiger partial charge in [0.25, 0.3) is 0 Å². The number of hydrogen-bond donors (Lipinski definition) is 0. The Balaban J connectivity index is 0. The number of rotatable bonds is 0. The van der Waals surface area contributed by atoms with Crippen molar-refractivity contribution in [3.05, 3.63) is 0 Å². The Kier molecular flexibility index (Phi) is 1620000. The van der Waals surface area contributed by atoms with E-state index in [1.54, 1.807) is 0 Å². The van der Waals surface area contributed by atoms with Crippen LogP contribution in [0.15, 0.2) is 0 Å². The van der Waals surface area contributed by atoms with E-state index in [9.17, 15) is 0 Å². The van der Waals surface area contributed by atoms with E-state index in [-0.39, 0.29) is 56.3 Å². The van der Waals surface area contributed by atoms with Crippen molar-refractivity contribution in [1.29, 1.82) is 0 Å². The Morgan fingerprint density at radius 3 is 0.375 bits per heavy atom. The van der Waals surface area contributed by atoms with Crippen molar-refractivity contribution >= 4 is 11.0 Å². The number of hydrogen-bond acceptors (Lipinski definition) is 0. The Morgan fingerprint density at radius 1 is 0.375 bits per heavy atom. The van der Waals surface area contributed by atoms with Crippen molar-refractivity contribution in [2.45, 2.75) is 0 Å². The summed E-state index contributed by atoms with van der Waals surface area (Å²) in [6.07, 6.45) is 0. The van der Waals surface area contributed by atoms with Crippen LogP contribution >= 0.6 is 0 Å². The monoisotopic (exact) mass is 205 g/mol. The summed E-state index contributed by atoms with van der Waals surface area (Å²) in [6.45, 7) is 0. The van der Waals surface area contributed by atoms with Crippen LogP contribution < -0.4 is 28.2 Å². The maximum atomic E-state index is 0. The van der Waals surface area contributed by atoms with Crippen LogP contribution in [0, 0.1) is 0 Å². The Labute approximate surface area is 57.1 Å². The van der Waals surface area contributed by atoms with E-state index < -0.39 is 0 Å². The first-order valence-electron chi connectivity index (χ1n) is 0. The standard InChI is InChI=1S/Cu.6FH.Si/h;6*1H;/q;;;;;;;+4/p-6. The van der Waals surface area contributed by atoms with Gasteiger partial charge in [-0.3, -0.25) is 0 Å². The number of halogens is 6. The van der Waals surface area contributed by atoms with Crippen LogP contribution in [0.2, 0.25) is 0 Å². The van der Waals surface area contributed by atoms with Gasteiger partial charge in [0, 0.05) is 17.1 Å². The first-order chi connectivity index (χ1) is 0. The van der Waals surface area contributed by atoms with Crippen LogP contribution in [0.3, 0.4) is 0 Å². The van der Waals surface area contributed by atoms with Gasteiger partial charge in [-0.2, -0.15) is 0 Å². The Morgan fingerprint density at radius 2 is 0.375 bits per heavy atom. The molecular weight excluding hydrogens is 206 g/mol. The summed E-state index contributed by atoms with van der Waals surface area (Å²) in [4.78, 5) is 0. The normalized spacial score (nSPS) is 0. The largest absolute Gasteiger partial charge is 4.00 e. The average Bonchev–Trinajstić information content (AvgIpc) is 0. The molecule has 0 saturated heterocycles. The van der Waals surface area contributed by atoms with Crippen molar-refractivity contribution < 1.29 is 45.3 Å². The first-order valence-corrected chi connectivity index (χ1v) is 0. The maximum Gasteiger partial charge on any atom is 4.00 e. The third-order valence-electron chi connectivity index (χ3n) is 0. The van der Waals surface area contributed by atoms with Gasteiger partial charge in [0.15, 0.2) is 0 Å². The Bertz CT molecular complexity index is 8.49. The van der Waals surface area contributed by atoms with Gasteiger partial charge < -0.3 is 28.2 Å². The minimum atomic E-state index is 0. The molecule has 0 bridgehead atoms. The summed E-state index contributed by atoms with van der Waals surface area (Å²) in [5, 5.41) is 0. The molecule has 0 N–H and O–H groups in total. The van der Waals surface area contributed by atoms with Gasteiger partial charge in [-0.25, -0.2) is 0 Å². The van der Waals surface area contributed by atoms with Gasteiger partial charge in [0.1, 0.15) is 0 Å². The molecule has 0 aromatic carbocycles. The summed E-state index contributed by atoms with van der Waals surface area (Å²) in [5.41, 5.74) is 0. The first kappa shape index (κ1) is 4450. The van der Waals surface area contributed by atoms with Gasteiger partial charge in [-0.15, -0.1) is 0 Å². The molecule has 8 heteroatoms. The van der Waals surface area contributed by atoms with E-state index in [0.717, 1.165) is 0 Å². The van der Waals surface area contributed by atoms with Crippen molar-refractivity contribution in [2.75, 3.05) is 0 Å². The summed E-state index contributed by atoms with van der Waals surface area (Å²) >= 11 is 0. The van der Waals surface area contributed by atoms with Gasteiger partial charge in [0.05, 0.1) is 0 Å². The van der Waals surface area contributed by atoms with Crippen LogP contribution in [0.5, 0.6) is 0 Å². The van der Waals surface area contributed by atoms with Gasteiger partial charge >= 0.3 is 11.0 Å². The predicted molar refractivity (Wildman–Crippen MR) is 5.75 cm³/mol. The second-order valence-electron chi connectivity index (χ2n) is 0.